The van der Waals surface area contributed by atoms with Gasteiger partial charge in [-0.1, -0.05) is 0 Å². The Labute approximate surface area is 161 Å². The maximum absolute atomic E-state index is 12.4. The lowest BCUT2D eigenvalue weighted by Gasteiger charge is -2.38. The molecule has 7 nitrogen and oxygen atoms in total. The van der Waals surface area contributed by atoms with Crippen LogP contribution in [0.1, 0.15) is 33.6 Å². The van der Waals surface area contributed by atoms with E-state index in [1.54, 1.807) is 4.52 Å². The summed E-state index contributed by atoms with van der Waals surface area (Å²) in [5.41, 5.74) is 0.340. The minimum Gasteiger partial charge on any atom is -0.444 e. The van der Waals surface area contributed by atoms with Gasteiger partial charge in [0.25, 0.3) is 0 Å². The third-order valence-electron chi connectivity index (χ3n) is 5.10. The fourth-order valence-corrected chi connectivity index (χ4v) is 4.44. The average Bonchev–Trinajstić information content (AvgIpc) is 3.04. The number of likely N-dealkylation sites (tertiary alicyclic amines) is 1. The molecule has 2 aliphatic rings. The summed E-state index contributed by atoms with van der Waals surface area (Å²) < 4.78 is 8.23. The SMILES string of the molecule is CC(C)(C)OC(=O)N1CC2CC[C@@H](C1)C2Nc1nc2c(Br)cccn2n1. The Kier molecular flexibility index (Phi) is 4.33. The second-order valence-electron chi connectivity index (χ2n) is 8.21. The smallest absolute Gasteiger partial charge is 0.410 e. The van der Waals surface area contributed by atoms with Crippen LogP contribution in [0.15, 0.2) is 22.8 Å². The molecule has 2 bridgehead atoms. The third kappa shape index (κ3) is 3.39. The summed E-state index contributed by atoms with van der Waals surface area (Å²) >= 11 is 3.51. The number of rotatable bonds is 2. The van der Waals surface area contributed by atoms with E-state index >= 15 is 0 Å². The number of amides is 1. The molecule has 2 aromatic heterocycles. The molecule has 1 saturated carbocycles. The molecule has 1 saturated heterocycles. The van der Waals surface area contributed by atoms with Gasteiger partial charge in [0.1, 0.15) is 5.60 Å². The fourth-order valence-electron chi connectivity index (χ4n) is 4.02. The van der Waals surface area contributed by atoms with E-state index in [9.17, 15) is 4.79 Å². The summed E-state index contributed by atoms with van der Waals surface area (Å²) in [6.45, 7) is 7.16. The number of carbonyl (C=O) groups excluding carboxylic acids is 1. The van der Waals surface area contributed by atoms with E-state index in [2.05, 4.69) is 31.3 Å². The van der Waals surface area contributed by atoms with Gasteiger partial charge in [-0.25, -0.2) is 9.31 Å². The van der Waals surface area contributed by atoms with Gasteiger partial charge in [0.05, 0.1) is 4.47 Å². The van der Waals surface area contributed by atoms with Crippen LogP contribution < -0.4 is 5.32 Å². The number of halogens is 1. The van der Waals surface area contributed by atoms with E-state index in [0.717, 1.165) is 36.1 Å². The minimum absolute atomic E-state index is 0.206. The summed E-state index contributed by atoms with van der Waals surface area (Å²) in [6.07, 6.45) is 3.90. The van der Waals surface area contributed by atoms with Crippen LogP contribution in [0, 0.1) is 11.8 Å². The van der Waals surface area contributed by atoms with Gasteiger partial charge < -0.3 is 15.0 Å². The Morgan fingerprint density at radius 3 is 2.62 bits per heavy atom. The zero-order valence-electron chi connectivity index (χ0n) is 15.3. The normalized spacial score (nSPS) is 25.5. The molecule has 26 heavy (non-hydrogen) atoms. The summed E-state index contributed by atoms with van der Waals surface area (Å²) in [5.74, 6) is 1.44. The number of fused-ring (bicyclic) bond motifs is 3. The van der Waals surface area contributed by atoms with Crippen molar-refractivity contribution in [2.75, 3.05) is 18.4 Å². The topological polar surface area (TPSA) is 71.8 Å². The van der Waals surface area contributed by atoms with Crippen LogP contribution in [0.25, 0.3) is 5.65 Å². The number of ether oxygens (including phenoxy) is 1. The van der Waals surface area contributed by atoms with Crippen LogP contribution in [0.2, 0.25) is 0 Å². The predicted molar refractivity (Wildman–Crippen MR) is 102 cm³/mol. The summed E-state index contributed by atoms with van der Waals surface area (Å²) in [7, 11) is 0. The van der Waals surface area contributed by atoms with Gasteiger partial charge in [-0.3, -0.25) is 0 Å². The van der Waals surface area contributed by atoms with Crippen molar-refractivity contribution >= 4 is 33.6 Å². The van der Waals surface area contributed by atoms with Crippen LogP contribution >= 0.6 is 15.9 Å². The van der Waals surface area contributed by atoms with Crippen molar-refractivity contribution in [3.63, 3.8) is 0 Å². The van der Waals surface area contributed by atoms with Gasteiger partial charge in [0, 0.05) is 25.3 Å². The summed E-state index contributed by atoms with van der Waals surface area (Å²) in [4.78, 5) is 18.9. The zero-order chi connectivity index (χ0) is 18.5. The highest BCUT2D eigenvalue weighted by Crippen LogP contribution is 2.39. The number of pyridine rings is 1. The van der Waals surface area contributed by atoms with Crippen LogP contribution in [-0.4, -0.2) is 50.3 Å². The van der Waals surface area contributed by atoms with Crippen molar-refractivity contribution in [3.8, 4) is 0 Å². The van der Waals surface area contributed by atoms with Crippen molar-refractivity contribution in [2.45, 2.75) is 45.3 Å². The Morgan fingerprint density at radius 2 is 2.00 bits per heavy atom. The Bertz CT molecular complexity index is 817. The second kappa shape index (κ2) is 6.40. The highest BCUT2D eigenvalue weighted by atomic mass is 79.9. The molecular formula is C18H24BrN5O2. The van der Waals surface area contributed by atoms with Crippen LogP contribution in [-0.2, 0) is 4.74 Å². The number of carbonyl (C=O) groups is 1. The molecular weight excluding hydrogens is 398 g/mol. The number of aromatic nitrogens is 3. The first-order valence-corrected chi connectivity index (χ1v) is 9.85. The van der Waals surface area contributed by atoms with Crippen molar-refractivity contribution < 1.29 is 9.53 Å². The fraction of sp³-hybridized carbons (Fsp3) is 0.611. The van der Waals surface area contributed by atoms with Crippen LogP contribution in [0.3, 0.4) is 0 Å². The van der Waals surface area contributed by atoms with E-state index in [1.165, 1.54) is 0 Å². The summed E-state index contributed by atoms with van der Waals surface area (Å²) in [6, 6.07) is 4.18. The lowest BCUT2D eigenvalue weighted by molar-refractivity contribution is 0.0141. The average molecular weight is 422 g/mol. The zero-order valence-corrected chi connectivity index (χ0v) is 16.9. The van der Waals surface area contributed by atoms with E-state index in [0.29, 0.717) is 23.8 Å². The number of hydrogen-bond acceptors (Lipinski definition) is 5. The van der Waals surface area contributed by atoms with Gasteiger partial charge in [0.15, 0.2) is 5.65 Å². The highest BCUT2D eigenvalue weighted by Gasteiger charge is 2.44. The molecule has 140 valence electrons. The van der Waals surface area contributed by atoms with E-state index in [1.807, 2.05) is 44.0 Å². The number of hydrogen-bond donors (Lipinski definition) is 1. The molecule has 3 atom stereocenters. The molecule has 3 heterocycles. The van der Waals surface area contributed by atoms with Gasteiger partial charge in [-0.2, -0.15) is 4.98 Å². The largest absolute Gasteiger partial charge is 0.444 e. The lowest BCUT2D eigenvalue weighted by Crippen LogP contribution is -2.51. The molecule has 1 aliphatic carbocycles. The molecule has 0 aromatic carbocycles. The third-order valence-corrected chi connectivity index (χ3v) is 5.71. The molecule has 2 aromatic rings. The maximum Gasteiger partial charge on any atom is 0.410 e. The number of nitrogens with zero attached hydrogens (tertiary/aromatic N) is 4. The Hall–Kier alpha value is -1.83. The molecule has 2 unspecified atom stereocenters. The molecule has 2 fully saturated rings. The summed E-state index contributed by atoms with van der Waals surface area (Å²) in [5, 5.41) is 8.05. The van der Waals surface area contributed by atoms with Crippen molar-refractivity contribution in [1.29, 1.82) is 0 Å². The Morgan fingerprint density at radius 1 is 1.31 bits per heavy atom. The molecule has 4 rings (SSSR count). The molecule has 0 radical (unpaired) electrons. The van der Waals surface area contributed by atoms with Gasteiger partial charge in [0.2, 0.25) is 5.95 Å². The molecule has 1 N–H and O–H groups in total. The number of anilines is 1. The van der Waals surface area contributed by atoms with E-state index in [4.69, 9.17) is 4.74 Å². The highest BCUT2D eigenvalue weighted by molar-refractivity contribution is 9.10. The molecule has 0 spiro atoms. The first kappa shape index (κ1) is 17.6. The van der Waals surface area contributed by atoms with Gasteiger partial charge in [-0.15, -0.1) is 5.10 Å². The van der Waals surface area contributed by atoms with Crippen molar-refractivity contribution in [2.24, 2.45) is 11.8 Å². The number of nitrogens with one attached hydrogen (secondary N) is 1. The van der Waals surface area contributed by atoms with Crippen molar-refractivity contribution in [1.82, 2.24) is 19.5 Å². The Balaban J connectivity index is 1.46. The van der Waals surface area contributed by atoms with Crippen LogP contribution in [0.4, 0.5) is 10.7 Å². The van der Waals surface area contributed by atoms with Crippen LogP contribution in [0.5, 0.6) is 0 Å². The maximum atomic E-state index is 12.4. The molecule has 1 aliphatic heterocycles. The quantitative estimate of drug-likeness (QED) is 0.802. The van der Waals surface area contributed by atoms with Gasteiger partial charge >= 0.3 is 6.09 Å². The minimum atomic E-state index is -0.459. The lowest BCUT2D eigenvalue weighted by atomic mass is 9.92. The number of piperidine rings is 1. The second-order valence-corrected chi connectivity index (χ2v) is 9.07. The molecule has 1 amide bonds. The molecule has 8 heteroatoms. The van der Waals surface area contributed by atoms with Crippen molar-refractivity contribution in [3.05, 3.63) is 22.8 Å². The van der Waals surface area contributed by atoms with E-state index < -0.39 is 5.60 Å². The standard InChI is InChI=1S/C18H24BrN5O2/c1-18(2,3)26-17(25)23-9-11-6-7-12(10-23)14(11)20-16-21-15-13(19)5-4-8-24(15)22-16/h4-5,8,11-12,14H,6-7,9-10H2,1-3H3,(H,20,22)/t11-,12?,14?/m0/s1. The first-order chi connectivity index (χ1) is 12.3. The predicted octanol–water partition coefficient (Wildman–Crippen LogP) is 3.55. The first-order valence-electron chi connectivity index (χ1n) is 9.05. The monoisotopic (exact) mass is 421 g/mol. The van der Waals surface area contributed by atoms with E-state index in [-0.39, 0.29) is 6.09 Å². The van der Waals surface area contributed by atoms with Gasteiger partial charge in [-0.05, 0) is 73.5 Å².